The number of hydrogen-bond donors (Lipinski definition) is 2. The van der Waals surface area contributed by atoms with Gasteiger partial charge in [-0.3, -0.25) is 0 Å². The number of anilines is 1. The van der Waals surface area contributed by atoms with E-state index < -0.39 is 33.7 Å². The first-order valence-corrected chi connectivity index (χ1v) is 12.1. The Labute approximate surface area is 199 Å². The van der Waals surface area contributed by atoms with Gasteiger partial charge in [0.05, 0.1) is 25.2 Å². The second-order valence-electron chi connectivity index (χ2n) is 8.59. The number of rotatable bonds is 7. The molecule has 1 fully saturated rings. The fourth-order valence-electron chi connectivity index (χ4n) is 3.12. The summed E-state index contributed by atoms with van der Waals surface area (Å²) >= 11 is 0. The van der Waals surface area contributed by atoms with Crippen molar-refractivity contribution in [3.05, 3.63) is 36.0 Å². The number of carbonyl (C=O) groups excluding carboxylic acids is 3. The fraction of sp³-hybridized carbons (Fsp3) is 0.500. The minimum absolute atomic E-state index is 0.0330. The molecule has 1 saturated heterocycles. The van der Waals surface area contributed by atoms with Gasteiger partial charge in [-0.25, -0.2) is 27.5 Å². The maximum absolute atomic E-state index is 12.9. The van der Waals surface area contributed by atoms with Crippen LogP contribution in [0.4, 0.5) is 10.5 Å². The van der Waals surface area contributed by atoms with Crippen LogP contribution in [0, 0.1) is 0 Å². The van der Waals surface area contributed by atoms with Crippen molar-refractivity contribution < 1.29 is 37.0 Å². The molecule has 0 unspecified atom stereocenters. The van der Waals surface area contributed by atoms with E-state index in [0.717, 1.165) is 20.3 Å². The van der Waals surface area contributed by atoms with Crippen LogP contribution in [0.3, 0.4) is 0 Å². The third-order valence-corrected chi connectivity index (χ3v) is 6.28. The summed E-state index contributed by atoms with van der Waals surface area (Å²) in [6, 6.07) is 5.41. The Hall–Kier alpha value is -3.12. The molecule has 188 valence electrons. The Morgan fingerprint density at radius 1 is 1.09 bits per heavy atom. The highest BCUT2D eigenvalue weighted by Gasteiger charge is 2.29. The molecule has 1 aromatic carbocycles. The molecule has 1 aliphatic rings. The third kappa shape index (κ3) is 8.03. The molecule has 34 heavy (non-hydrogen) atoms. The van der Waals surface area contributed by atoms with Gasteiger partial charge in [0.25, 0.3) is 0 Å². The van der Waals surface area contributed by atoms with E-state index in [2.05, 4.69) is 19.5 Å². The number of benzene rings is 1. The number of carbonyl (C=O) groups is 3. The highest BCUT2D eigenvalue weighted by Crippen LogP contribution is 2.20. The molecule has 0 aliphatic carbocycles. The molecule has 2 N–H and O–H groups in total. The number of hydrogen-bond acceptors (Lipinski definition) is 9. The third-order valence-electron chi connectivity index (χ3n) is 4.76. The zero-order valence-electron chi connectivity index (χ0n) is 19.9. The molecular weight excluding hydrogens is 466 g/mol. The van der Waals surface area contributed by atoms with Gasteiger partial charge < -0.3 is 24.4 Å². The highest BCUT2D eigenvalue weighted by atomic mass is 32.2. The van der Waals surface area contributed by atoms with Gasteiger partial charge >= 0.3 is 18.0 Å². The lowest BCUT2D eigenvalue weighted by atomic mass is 10.1. The first-order chi connectivity index (χ1) is 15.8. The summed E-state index contributed by atoms with van der Waals surface area (Å²) in [5, 5.41) is 2.68. The lowest BCUT2D eigenvalue weighted by Crippen LogP contribution is -2.47. The van der Waals surface area contributed by atoms with E-state index >= 15 is 0 Å². The Balaban J connectivity index is 2.07. The molecule has 1 aromatic rings. The Morgan fingerprint density at radius 2 is 1.74 bits per heavy atom. The quantitative estimate of drug-likeness (QED) is 0.329. The maximum Gasteiger partial charge on any atom is 0.410 e. The number of methoxy groups -OCH3 is 2. The minimum atomic E-state index is -3.89. The van der Waals surface area contributed by atoms with Crippen LogP contribution >= 0.6 is 0 Å². The Bertz CT molecular complexity index is 1040. The van der Waals surface area contributed by atoms with Crippen molar-refractivity contribution in [3.8, 4) is 0 Å². The first kappa shape index (κ1) is 27.1. The SMILES string of the molecule is COC(=O)/C=C(/Nc1cccc(S(=O)(=O)NC2CCN(C(=O)OC(C)(C)C)CC2)c1)C(=O)OC. The van der Waals surface area contributed by atoms with E-state index in [0.29, 0.717) is 25.9 Å². The molecule has 11 nitrogen and oxygen atoms in total. The number of piperidine rings is 1. The number of esters is 2. The lowest BCUT2D eigenvalue weighted by Gasteiger charge is -2.33. The molecule has 0 bridgehead atoms. The van der Waals surface area contributed by atoms with Crippen molar-refractivity contribution in [1.82, 2.24) is 9.62 Å². The van der Waals surface area contributed by atoms with Crippen molar-refractivity contribution >= 4 is 33.7 Å². The molecular formula is C22H31N3O8S. The van der Waals surface area contributed by atoms with Crippen LogP contribution in [-0.2, 0) is 33.8 Å². The number of ether oxygens (including phenoxy) is 3. The van der Waals surface area contributed by atoms with Crippen LogP contribution in [0.15, 0.2) is 40.9 Å². The zero-order valence-corrected chi connectivity index (χ0v) is 20.7. The average Bonchev–Trinajstić information content (AvgIpc) is 2.77. The van der Waals surface area contributed by atoms with E-state index in [1.807, 2.05) is 0 Å². The molecule has 0 saturated carbocycles. The molecule has 12 heteroatoms. The largest absolute Gasteiger partial charge is 0.466 e. The standard InChI is InChI=1S/C22H31N3O8S/c1-22(2,3)33-21(28)25-11-9-15(10-12-25)24-34(29,30)17-8-6-7-16(13-17)23-18(20(27)32-5)14-19(26)31-4/h6-8,13-15,23-24H,9-12H2,1-5H3/b18-14+. The summed E-state index contributed by atoms with van der Waals surface area (Å²) in [6.45, 7) is 6.09. The van der Waals surface area contributed by atoms with Crippen LogP contribution < -0.4 is 10.0 Å². The fourth-order valence-corrected chi connectivity index (χ4v) is 4.47. The maximum atomic E-state index is 12.9. The van der Waals surface area contributed by atoms with Crippen molar-refractivity contribution in [1.29, 1.82) is 0 Å². The number of amides is 1. The van der Waals surface area contributed by atoms with E-state index in [9.17, 15) is 22.8 Å². The summed E-state index contributed by atoms with van der Waals surface area (Å²) in [6.07, 6.45) is 1.35. The van der Waals surface area contributed by atoms with Crippen molar-refractivity contribution in [3.63, 3.8) is 0 Å². The number of likely N-dealkylation sites (tertiary alicyclic amines) is 1. The van der Waals surface area contributed by atoms with Gasteiger partial charge in [-0.1, -0.05) is 6.07 Å². The van der Waals surface area contributed by atoms with E-state index in [4.69, 9.17) is 4.74 Å². The van der Waals surface area contributed by atoms with E-state index in [1.165, 1.54) is 24.3 Å². The summed E-state index contributed by atoms with van der Waals surface area (Å²) in [5.41, 5.74) is -0.566. The second kappa shape index (κ2) is 11.3. The second-order valence-corrected chi connectivity index (χ2v) is 10.3. The smallest absolute Gasteiger partial charge is 0.410 e. The van der Waals surface area contributed by atoms with Gasteiger partial charge in [0.2, 0.25) is 10.0 Å². The van der Waals surface area contributed by atoms with Crippen molar-refractivity contribution in [2.75, 3.05) is 32.6 Å². The summed E-state index contributed by atoms with van der Waals surface area (Å²) in [4.78, 5) is 37.2. The highest BCUT2D eigenvalue weighted by molar-refractivity contribution is 7.89. The Kier molecular flexibility index (Phi) is 9.05. The molecule has 0 aromatic heterocycles. The van der Waals surface area contributed by atoms with Gasteiger partial charge in [0, 0.05) is 24.8 Å². The minimum Gasteiger partial charge on any atom is -0.466 e. The number of nitrogens with zero attached hydrogens (tertiary/aromatic N) is 1. The monoisotopic (exact) mass is 497 g/mol. The predicted molar refractivity (Wildman–Crippen MR) is 123 cm³/mol. The molecule has 0 spiro atoms. The van der Waals surface area contributed by atoms with Crippen LogP contribution in [-0.4, -0.2) is 70.3 Å². The van der Waals surface area contributed by atoms with Gasteiger partial charge in [-0.15, -0.1) is 0 Å². The predicted octanol–water partition coefficient (Wildman–Crippen LogP) is 2.01. The molecule has 1 amide bonds. The van der Waals surface area contributed by atoms with E-state index in [1.54, 1.807) is 25.7 Å². The van der Waals surface area contributed by atoms with E-state index in [-0.39, 0.29) is 22.3 Å². The van der Waals surface area contributed by atoms with Gasteiger partial charge in [-0.2, -0.15) is 0 Å². The summed E-state index contributed by atoms with van der Waals surface area (Å²) < 4.78 is 43.0. The van der Waals surface area contributed by atoms with Crippen molar-refractivity contribution in [2.24, 2.45) is 0 Å². The summed E-state index contributed by atoms with van der Waals surface area (Å²) in [7, 11) is -1.59. The molecule has 1 heterocycles. The number of sulfonamides is 1. The summed E-state index contributed by atoms with van der Waals surface area (Å²) in [5.74, 6) is -1.61. The molecule has 0 atom stereocenters. The van der Waals surface area contributed by atoms with Gasteiger partial charge in [0.1, 0.15) is 11.3 Å². The average molecular weight is 498 g/mol. The zero-order chi connectivity index (χ0) is 25.5. The van der Waals surface area contributed by atoms with Crippen LogP contribution in [0.1, 0.15) is 33.6 Å². The van der Waals surface area contributed by atoms with Crippen LogP contribution in [0.5, 0.6) is 0 Å². The van der Waals surface area contributed by atoms with Gasteiger partial charge in [-0.05, 0) is 51.8 Å². The van der Waals surface area contributed by atoms with Crippen LogP contribution in [0.2, 0.25) is 0 Å². The van der Waals surface area contributed by atoms with Crippen LogP contribution in [0.25, 0.3) is 0 Å². The first-order valence-electron chi connectivity index (χ1n) is 10.6. The normalized spacial score (nSPS) is 15.4. The Morgan fingerprint density at radius 3 is 2.29 bits per heavy atom. The molecule has 1 aliphatic heterocycles. The topological polar surface area (TPSA) is 140 Å². The lowest BCUT2D eigenvalue weighted by molar-refractivity contribution is -0.138. The number of nitrogens with one attached hydrogen (secondary N) is 2. The molecule has 0 radical (unpaired) electrons. The molecule has 2 rings (SSSR count). The van der Waals surface area contributed by atoms with Gasteiger partial charge in [0.15, 0.2) is 0 Å². The van der Waals surface area contributed by atoms with Crippen molar-refractivity contribution in [2.45, 2.75) is 50.2 Å².